The van der Waals surface area contributed by atoms with Gasteiger partial charge < -0.3 is 4.57 Å². The number of nitrogens with zero attached hydrogens (tertiary/aromatic N) is 3. The van der Waals surface area contributed by atoms with Crippen LogP contribution in [0, 0.1) is 5.82 Å². The lowest BCUT2D eigenvalue weighted by Gasteiger charge is -2.08. The number of hydrogen-bond donors (Lipinski definition) is 0. The minimum absolute atomic E-state index is 0.0717. The summed E-state index contributed by atoms with van der Waals surface area (Å²) < 4.78 is 15.7. The first-order valence-electron chi connectivity index (χ1n) is 6.49. The van der Waals surface area contributed by atoms with Crippen LogP contribution in [0.4, 0.5) is 4.39 Å². The Morgan fingerprint density at radius 1 is 1.24 bits per heavy atom. The Balaban J connectivity index is 2.13. The van der Waals surface area contributed by atoms with Gasteiger partial charge in [-0.15, -0.1) is 11.6 Å². The van der Waals surface area contributed by atoms with E-state index in [1.807, 2.05) is 22.8 Å². The highest BCUT2D eigenvalue weighted by Crippen LogP contribution is 2.24. The molecule has 0 amide bonds. The molecule has 21 heavy (non-hydrogen) atoms. The fraction of sp³-hybridized carbons (Fsp3) is 0.200. The van der Waals surface area contributed by atoms with E-state index < -0.39 is 5.82 Å². The minimum Gasteiger partial charge on any atom is -0.322 e. The molecule has 3 rings (SSSR count). The number of fused-ring (bicyclic) bond motifs is 1. The summed E-state index contributed by atoms with van der Waals surface area (Å²) in [5.74, 6) is 0.790. The van der Waals surface area contributed by atoms with Crippen LogP contribution >= 0.6 is 23.2 Å². The topological polar surface area (TPSA) is 30.7 Å². The summed E-state index contributed by atoms with van der Waals surface area (Å²) in [5, 5.41) is 0.0717. The number of imidazole rings is 1. The van der Waals surface area contributed by atoms with Gasteiger partial charge in [-0.2, -0.15) is 0 Å². The Morgan fingerprint density at radius 3 is 2.81 bits per heavy atom. The van der Waals surface area contributed by atoms with Crippen LogP contribution in [0.5, 0.6) is 0 Å². The molecule has 0 N–H and O–H groups in total. The number of hydrogen-bond acceptors (Lipinski definition) is 2. The first-order chi connectivity index (χ1) is 10.2. The van der Waals surface area contributed by atoms with Gasteiger partial charge in [0.1, 0.15) is 11.6 Å². The van der Waals surface area contributed by atoms with Crippen molar-refractivity contribution < 1.29 is 4.39 Å². The van der Waals surface area contributed by atoms with Crippen molar-refractivity contribution >= 4 is 34.2 Å². The van der Waals surface area contributed by atoms with E-state index in [-0.39, 0.29) is 5.02 Å². The smallest absolute Gasteiger partial charge is 0.144 e. The zero-order chi connectivity index (χ0) is 14.8. The molecule has 0 atom stereocenters. The zero-order valence-corrected chi connectivity index (χ0v) is 12.6. The molecule has 0 saturated carbocycles. The maximum Gasteiger partial charge on any atom is 0.144 e. The lowest BCUT2D eigenvalue weighted by molar-refractivity contribution is 0.628. The van der Waals surface area contributed by atoms with E-state index in [1.165, 1.54) is 6.07 Å². The predicted octanol–water partition coefficient (Wildman–Crippen LogP) is 4.05. The number of pyridine rings is 1. The number of aryl methyl sites for hydroxylation is 1. The molecule has 0 fully saturated rings. The van der Waals surface area contributed by atoms with Crippen LogP contribution in [0.2, 0.25) is 5.02 Å². The molecule has 2 aromatic heterocycles. The van der Waals surface area contributed by atoms with Crippen molar-refractivity contribution in [3.8, 4) is 0 Å². The molecule has 0 aliphatic heterocycles. The van der Waals surface area contributed by atoms with E-state index in [2.05, 4.69) is 9.97 Å². The second kappa shape index (κ2) is 6.00. The summed E-state index contributed by atoms with van der Waals surface area (Å²) in [6.07, 6.45) is 2.33. The maximum absolute atomic E-state index is 13.7. The highest BCUT2D eigenvalue weighted by atomic mass is 35.5. The highest BCUT2D eigenvalue weighted by Gasteiger charge is 2.14. The Kier molecular flexibility index (Phi) is 4.08. The molecular weight excluding hydrogens is 312 g/mol. The van der Waals surface area contributed by atoms with E-state index in [0.717, 1.165) is 11.5 Å². The second-order valence-electron chi connectivity index (χ2n) is 4.63. The normalized spacial score (nSPS) is 11.2. The van der Waals surface area contributed by atoms with Crippen molar-refractivity contribution in [2.45, 2.75) is 13.0 Å². The predicted molar refractivity (Wildman–Crippen MR) is 82.5 cm³/mol. The largest absolute Gasteiger partial charge is 0.322 e. The quantitative estimate of drug-likeness (QED) is 0.678. The van der Waals surface area contributed by atoms with E-state index in [4.69, 9.17) is 23.2 Å². The third-order valence-electron chi connectivity index (χ3n) is 3.23. The molecule has 108 valence electrons. The Bertz CT molecular complexity index is 771. The van der Waals surface area contributed by atoms with Crippen LogP contribution in [-0.4, -0.2) is 20.4 Å². The van der Waals surface area contributed by atoms with Gasteiger partial charge in [-0.25, -0.2) is 9.37 Å². The van der Waals surface area contributed by atoms with Gasteiger partial charge in [0.05, 0.1) is 28.3 Å². The average Bonchev–Trinajstić information content (AvgIpc) is 2.79. The summed E-state index contributed by atoms with van der Waals surface area (Å²) in [4.78, 5) is 8.80. The minimum atomic E-state index is -0.455. The first kappa shape index (κ1) is 14.3. The Labute approximate surface area is 131 Å². The number of alkyl halides is 1. The van der Waals surface area contributed by atoms with Crippen LogP contribution in [0.15, 0.2) is 36.5 Å². The monoisotopic (exact) mass is 323 g/mol. The van der Waals surface area contributed by atoms with Crippen LogP contribution in [0.1, 0.15) is 11.5 Å². The van der Waals surface area contributed by atoms with Crippen LogP contribution in [0.25, 0.3) is 11.0 Å². The summed E-state index contributed by atoms with van der Waals surface area (Å²) in [6, 6.07) is 8.64. The summed E-state index contributed by atoms with van der Waals surface area (Å²) in [7, 11) is 0. The molecule has 0 unspecified atom stereocenters. The summed E-state index contributed by atoms with van der Waals surface area (Å²) >= 11 is 11.7. The lowest BCUT2D eigenvalue weighted by atomic mass is 10.3. The molecule has 0 saturated heterocycles. The van der Waals surface area contributed by atoms with Gasteiger partial charge in [0.25, 0.3) is 0 Å². The maximum atomic E-state index is 13.7. The molecule has 0 bridgehead atoms. The SMILES string of the molecule is Fc1cc2c(cc1Cl)nc(CCCl)n2Cc1ccccn1. The van der Waals surface area contributed by atoms with Crippen molar-refractivity contribution in [1.29, 1.82) is 0 Å². The lowest BCUT2D eigenvalue weighted by Crippen LogP contribution is -2.07. The number of aromatic nitrogens is 3. The Hall–Kier alpha value is -1.65. The number of halogens is 3. The highest BCUT2D eigenvalue weighted by molar-refractivity contribution is 6.31. The molecule has 0 aliphatic carbocycles. The third kappa shape index (κ3) is 2.87. The van der Waals surface area contributed by atoms with Crippen molar-refractivity contribution in [2.24, 2.45) is 0 Å². The fourth-order valence-corrected chi connectivity index (χ4v) is 2.60. The van der Waals surface area contributed by atoms with Gasteiger partial charge in [0.2, 0.25) is 0 Å². The standard InChI is InChI=1S/C15H12Cl2FN3/c16-5-4-15-20-13-7-11(17)12(18)8-14(13)21(15)9-10-3-1-2-6-19-10/h1-3,6-8H,4-5,9H2. The van der Waals surface area contributed by atoms with E-state index >= 15 is 0 Å². The third-order valence-corrected chi connectivity index (χ3v) is 3.71. The average molecular weight is 324 g/mol. The molecule has 0 aliphatic rings. The van der Waals surface area contributed by atoms with Gasteiger partial charge in [-0.05, 0) is 18.2 Å². The van der Waals surface area contributed by atoms with E-state index in [9.17, 15) is 4.39 Å². The van der Waals surface area contributed by atoms with E-state index in [0.29, 0.717) is 29.9 Å². The number of benzene rings is 1. The zero-order valence-electron chi connectivity index (χ0n) is 11.1. The molecule has 2 heterocycles. The molecule has 6 heteroatoms. The molecule has 0 radical (unpaired) electrons. The van der Waals surface area contributed by atoms with Gasteiger partial charge in [-0.3, -0.25) is 4.98 Å². The van der Waals surface area contributed by atoms with Crippen molar-refractivity contribution in [2.75, 3.05) is 5.88 Å². The van der Waals surface area contributed by atoms with Crippen molar-refractivity contribution in [3.63, 3.8) is 0 Å². The van der Waals surface area contributed by atoms with Gasteiger partial charge in [0, 0.05) is 24.6 Å². The fourth-order valence-electron chi connectivity index (χ4n) is 2.28. The molecule has 1 aromatic carbocycles. The van der Waals surface area contributed by atoms with Crippen molar-refractivity contribution in [3.05, 3.63) is 58.9 Å². The first-order valence-corrected chi connectivity index (χ1v) is 7.40. The second-order valence-corrected chi connectivity index (χ2v) is 5.41. The van der Waals surface area contributed by atoms with E-state index in [1.54, 1.807) is 12.3 Å². The Morgan fingerprint density at radius 2 is 2.10 bits per heavy atom. The van der Waals surface area contributed by atoms with Crippen LogP contribution in [0.3, 0.4) is 0 Å². The van der Waals surface area contributed by atoms with Crippen LogP contribution < -0.4 is 0 Å². The van der Waals surface area contributed by atoms with Gasteiger partial charge >= 0.3 is 0 Å². The molecular formula is C15H12Cl2FN3. The summed E-state index contributed by atoms with van der Waals surface area (Å²) in [5.41, 5.74) is 2.24. The molecule has 3 nitrogen and oxygen atoms in total. The number of rotatable bonds is 4. The molecule has 0 spiro atoms. The van der Waals surface area contributed by atoms with Crippen molar-refractivity contribution in [1.82, 2.24) is 14.5 Å². The summed E-state index contributed by atoms with van der Waals surface area (Å²) in [6.45, 7) is 0.518. The molecule has 3 aromatic rings. The van der Waals surface area contributed by atoms with Gasteiger partial charge in [0.15, 0.2) is 0 Å². The van der Waals surface area contributed by atoms with Gasteiger partial charge in [-0.1, -0.05) is 17.7 Å². The van der Waals surface area contributed by atoms with Crippen LogP contribution in [-0.2, 0) is 13.0 Å².